The van der Waals surface area contributed by atoms with Crippen LogP contribution >= 0.6 is 11.8 Å². The second-order valence-corrected chi connectivity index (χ2v) is 5.85. The molecule has 0 amide bonds. The van der Waals surface area contributed by atoms with Gasteiger partial charge in [0.05, 0.1) is 0 Å². The second kappa shape index (κ2) is 5.41. The highest BCUT2D eigenvalue weighted by molar-refractivity contribution is 6.14. The summed E-state index contributed by atoms with van der Waals surface area (Å²) < 4.78 is 0. The van der Waals surface area contributed by atoms with Crippen LogP contribution in [0, 0.1) is 0 Å². The molecule has 0 saturated heterocycles. The first kappa shape index (κ1) is 15.2. The molecule has 4 nitrogen and oxygen atoms in total. The molecule has 0 spiro atoms. The lowest BCUT2D eigenvalue weighted by Crippen LogP contribution is -2.78. The van der Waals surface area contributed by atoms with Crippen molar-refractivity contribution in [3.63, 3.8) is 0 Å². The molecule has 0 aliphatic heterocycles. The first-order valence-corrected chi connectivity index (χ1v) is 6.63. The predicted molar refractivity (Wildman–Crippen MR) is 74.0 cm³/mol. The molecule has 17 heavy (non-hydrogen) atoms. The Labute approximate surface area is 111 Å². The van der Waals surface area contributed by atoms with E-state index in [9.17, 15) is 0 Å². The minimum Gasteiger partial charge on any atom is -0.289 e. The van der Waals surface area contributed by atoms with E-state index in [0.717, 1.165) is 12.8 Å². The topological polar surface area (TPSA) is 21.8 Å². The van der Waals surface area contributed by atoms with Crippen molar-refractivity contribution >= 4 is 11.8 Å². The Kier molecular flexibility index (Phi) is 4.83. The molecule has 1 rings (SSSR count). The normalized spacial score (nSPS) is 29.3. The lowest BCUT2D eigenvalue weighted by molar-refractivity contribution is -0.150. The van der Waals surface area contributed by atoms with Crippen molar-refractivity contribution in [1.29, 1.82) is 0 Å². The van der Waals surface area contributed by atoms with Crippen LogP contribution in [0.5, 0.6) is 0 Å². The fourth-order valence-electron chi connectivity index (χ4n) is 3.54. The van der Waals surface area contributed by atoms with Crippen molar-refractivity contribution in [1.82, 2.24) is 19.5 Å². The summed E-state index contributed by atoms with van der Waals surface area (Å²) >= 11 is 6.16. The van der Waals surface area contributed by atoms with Crippen LogP contribution in [-0.4, -0.2) is 68.3 Å². The van der Waals surface area contributed by atoms with E-state index in [-0.39, 0.29) is 11.3 Å². The lowest BCUT2D eigenvalue weighted by atomic mass is 9.76. The molecule has 0 heterocycles. The third-order valence-electron chi connectivity index (χ3n) is 4.38. The fraction of sp³-hybridized carbons (Fsp3) is 1.00. The SMILES string of the molecule is CN(C)C1(NCl)CCCCC1(N(C)C)N(C)C. The Bertz CT molecular complexity index is 247. The number of likely N-dealkylation sites (N-methyl/N-ethyl adjacent to an activating group) is 3. The summed E-state index contributed by atoms with van der Waals surface area (Å²) in [5.74, 6) is 0. The average Bonchev–Trinajstić information content (AvgIpc) is 2.27. The van der Waals surface area contributed by atoms with Crippen molar-refractivity contribution in [3.8, 4) is 0 Å². The molecule has 0 aromatic carbocycles. The zero-order chi connectivity index (χ0) is 13.3. The number of rotatable bonds is 4. The zero-order valence-electron chi connectivity index (χ0n) is 12.0. The summed E-state index contributed by atoms with van der Waals surface area (Å²) in [7, 11) is 12.7. The quantitative estimate of drug-likeness (QED) is 0.610. The minimum atomic E-state index is -0.222. The highest BCUT2D eigenvalue weighted by Crippen LogP contribution is 2.43. The molecule has 1 aliphatic rings. The summed E-state index contributed by atoms with van der Waals surface area (Å²) in [5.41, 5.74) is -0.309. The maximum absolute atomic E-state index is 6.16. The summed E-state index contributed by atoms with van der Waals surface area (Å²) in [6.07, 6.45) is 4.62. The van der Waals surface area contributed by atoms with Crippen molar-refractivity contribution in [2.45, 2.75) is 37.0 Å². The lowest BCUT2D eigenvalue weighted by Gasteiger charge is -2.61. The van der Waals surface area contributed by atoms with Gasteiger partial charge in [-0.25, -0.2) is 4.84 Å². The Morgan fingerprint density at radius 1 is 0.824 bits per heavy atom. The number of nitrogens with zero attached hydrogens (tertiary/aromatic N) is 3. The molecular formula is C12H27ClN4. The third kappa shape index (κ3) is 2.10. The number of hydrogen-bond donors (Lipinski definition) is 1. The third-order valence-corrected chi connectivity index (χ3v) is 4.69. The number of hydrogen-bond acceptors (Lipinski definition) is 4. The van der Waals surface area contributed by atoms with Gasteiger partial charge in [-0.3, -0.25) is 14.7 Å². The van der Waals surface area contributed by atoms with E-state index in [0.29, 0.717) is 0 Å². The Morgan fingerprint density at radius 3 is 1.59 bits per heavy atom. The number of nitrogens with one attached hydrogen (secondary N) is 1. The van der Waals surface area contributed by atoms with E-state index in [1.165, 1.54) is 12.8 Å². The molecule has 0 radical (unpaired) electrons. The first-order valence-electron chi connectivity index (χ1n) is 6.25. The van der Waals surface area contributed by atoms with E-state index in [1.54, 1.807) is 0 Å². The molecule has 5 heteroatoms. The molecule has 1 unspecified atom stereocenters. The van der Waals surface area contributed by atoms with Crippen LogP contribution in [-0.2, 0) is 0 Å². The van der Waals surface area contributed by atoms with Gasteiger partial charge < -0.3 is 0 Å². The average molecular weight is 263 g/mol. The fourth-order valence-corrected chi connectivity index (χ4v) is 3.95. The van der Waals surface area contributed by atoms with E-state index in [4.69, 9.17) is 11.8 Å². The van der Waals surface area contributed by atoms with Crippen LogP contribution in [0.3, 0.4) is 0 Å². The second-order valence-electron chi connectivity index (χ2n) is 5.66. The molecule has 0 bridgehead atoms. The molecule has 102 valence electrons. The Hall–Kier alpha value is 0.130. The van der Waals surface area contributed by atoms with Gasteiger partial charge in [-0.05, 0) is 79.7 Å². The molecule has 0 aromatic heterocycles. The Morgan fingerprint density at radius 2 is 1.29 bits per heavy atom. The molecule has 0 aromatic rings. The standard InChI is InChI=1S/C12H27ClN4/c1-15(2)11(14-13)9-7-8-10-12(11,16(3)4)17(5)6/h14H,7-10H2,1-6H3. The van der Waals surface area contributed by atoms with Gasteiger partial charge >= 0.3 is 0 Å². The summed E-state index contributed by atoms with van der Waals surface area (Å²) in [5, 5.41) is 0. The minimum absolute atomic E-state index is 0.0868. The molecule has 1 atom stereocenters. The molecule has 1 N–H and O–H groups in total. The van der Waals surface area contributed by atoms with E-state index < -0.39 is 0 Å². The highest BCUT2D eigenvalue weighted by atomic mass is 35.5. The molecule has 1 saturated carbocycles. The van der Waals surface area contributed by atoms with Crippen LogP contribution in [0.25, 0.3) is 0 Å². The predicted octanol–water partition coefficient (Wildman–Crippen LogP) is 1.38. The zero-order valence-corrected chi connectivity index (χ0v) is 12.8. The number of halogens is 1. The van der Waals surface area contributed by atoms with Crippen LogP contribution in [0.2, 0.25) is 0 Å². The molecule has 1 aliphatic carbocycles. The van der Waals surface area contributed by atoms with Gasteiger partial charge in [0, 0.05) is 0 Å². The van der Waals surface area contributed by atoms with Crippen molar-refractivity contribution in [2.75, 3.05) is 42.3 Å². The van der Waals surface area contributed by atoms with Crippen LogP contribution in [0.4, 0.5) is 0 Å². The summed E-state index contributed by atoms with van der Waals surface area (Å²) in [4.78, 5) is 9.89. The maximum Gasteiger partial charge on any atom is 0.117 e. The molecular weight excluding hydrogens is 236 g/mol. The maximum atomic E-state index is 6.16. The van der Waals surface area contributed by atoms with Crippen LogP contribution < -0.4 is 4.84 Å². The van der Waals surface area contributed by atoms with Gasteiger partial charge in [-0.15, -0.1) is 0 Å². The van der Waals surface area contributed by atoms with E-state index >= 15 is 0 Å². The van der Waals surface area contributed by atoms with Gasteiger partial charge in [0.25, 0.3) is 0 Å². The first-order chi connectivity index (χ1) is 7.85. The van der Waals surface area contributed by atoms with Crippen molar-refractivity contribution in [3.05, 3.63) is 0 Å². The van der Waals surface area contributed by atoms with Gasteiger partial charge in [0.15, 0.2) is 0 Å². The molecule has 1 fully saturated rings. The smallest absolute Gasteiger partial charge is 0.117 e. The largest absolute Gasteiger partial charge is 0.289 e. The van der Waals surface area contributed by atoms with Crippen LogP contribution in [0.15, 0.2) is 0 Å². The van der Waals surface area contributed by atoms with Gasteiger partial charge in [0.1, 0.15) is 11.3 Å². The van der Waals surface area contributed by atoms with E-state index in [1.807, 2.05) is 0 Å². The highest BCUT2D eigenvalue weighted by Gasteiger charge is 2.57. The van der Waals surface area contributed by atoms with Crippen LogP contribution in [0.1, 0.15) is 25.7 Å². The Balaban J connectivity index is 3.29. The van der Waals surface area contributed by atoms with Crippen molar-refractivity contribution < 1.29 is 0 Å². The van der Waals surface area contributed by atoms with Gasteiger partial charge in [-0.2, -0.15) is 0 Å². The van der Waals surface area contributed by atoms with Gasteiger partial charge in [0.2, 0.25) is 0 Å². The monoisotopic (exact) mass is 262 g/mol. The van der Waals surface area contributed by atoms with E-state index in [2.05, 4.69) is 61.8 Å². The summed E-state index contributed by atoms with van der Waals surface area (Å²) in [6, 6.07) is 0. The summed E-state index contributed by atoms with van der Waals surface area (Å²) in [6.45, 7) is 0. The van der Waals surface area contributed by atoms with Gasteiger partial charge in [-0.1, -0.05) is 0 Å². The van der Waals surface area contributed by atoms with Crippen molar-refractivity contribution in [2.24, 2.45) is 0 Å².